The SMILES string of the molecule is CC(=O)OC(c1cc(Br)c(CCCCCCCCCCO)o1)C(Cc1ccccc1)C(=O)N1C(=O)OC(c2ccccc2)C1C. The number of hydrogen-bond donors (Lipinski definition) is 1. The Morgan fingerprint density at radius 3 is 2.16 bits per heavy atom. The van der Waals surface area contributed by atoms with Crippen LogP contribution in [0.15, 0.2) is 75.6 Å². The molecule has 0 saturated carbocycles. The highest BCUT2D eigenvalue weighted by Crippen LogP contribution is 2.39. The third kappa shape index (κ3) is 9.53. The average molecular weight is 683 g/mol. The summed E-state index contributed by atoms with van der Waals surface area (Å²) in [6.45, 7) is 3.35. The van der Waals surface area contributed by atoms with Gasteiger partial charge in [-0.15, -0.1) is 0 Å². The van der Waals surface area contributed by atoms with E-state index in [1.54, 1.807) is 13.0 Å². The van der Waals surface area contributed by atoms with Crippen molar-refractivity contribution in [2.45, 2.75) is 96.3 Å². The van der Waals surface area contributed by atoms with Gasteiger partial charge in [0.05, 0.1) is 16.4 Å². The van der Waals surface area contributed by atoms with E-state index in [2.05, 4.69) is 15.9 Å². The normalized spacial score (nSPS) is 17.6. The zero-order chi connectivity index (χ0) is 32.2. The van der Waals surface area contributed by atoms with Crippen LogP contribution in [-0.4, -0.2) is 40.6 Å². The monoisotopic (exact) mass is 681 g/mol. The molecule has 1 fully saturated rings. The number of unbranched alkanes of at least 4 members (excludes halogenated alkanes) is 7. The van der Waals surface area contributed by atoms with Gasteiger partial charge in [0, 0.05) is 20.0 Å². The number of nitrogens with zero attached hydrogens (tertiary/aromatic N) is 1. The van der Waals surface area contributed by atoms with Gasteiger partial charge < -0.3 is 19.0 Å². The predicted molar refractivity (Wildman–Crippen MR) is 174 cm³/mol. The molecule has 1 N–H and O–H groups in total. The van der Waals surface area contributed by atoms with Crippen molar-refractivity contribution >= 4 is 33.9 Å². The third-order valence-corrected chi connectivity index (χ3v) is 8.95. The van der Waals surface area contributed by atoms with E-state index in [1.807, 2.05) is 60.7 Å². The van der Waals surface area contributed by atoms with Gasteiger partial charge in [-0.3, -0.25) is 9.59 Å². The molecule has 45 heavy (non-hydrogen) atoms. The summed E-state index contributed by atoms with van der Waals surface area (Å²) in [5.41, 5.74) is 1.65. The minimum atomic E-state index is -1.06. The second-order valence-corrected chi connectivity index (χ2v) is 12.6. The molecular formula is C36H44BrNO7. The van der Waals surface area contributed by atoms with Crippen molar-refractivity contribution in [1.82, 2.24) is 4.90 Å². The van der Waals surface area contributed by atoms with E-state index in [-0.39, 0.29) is 13.0 Å². The van der Waals surface area contributed by atoms with Gasteiger partial charge in [0.25, 0.3) is 0 Å². The molecule has 1 aromatic heterocycles. The molecular weight excluding hydrogens is 638 g/mol. The number of carbonyl (C=O) groups is 3. The molecule has 4 unspecified atom stereocenters. The first-order chi connectivity index (χ1) is 21.8. The van der Waals surface area contributed by atoms with Crippen molar-refractivity contribution < 1.29 is 33.4 Å². The summed E-state index contributed by atoms with van der Waals surface area (Å²) in [6, 6.07) is 20.0. The lowest BCUT2D eigenvalue weighted by atomic mass is 9.90. The molecule has 0 aliphatic carbocycles. The molecule has 1 aliphatic heterocycles. The summed E-state index contributed by atoms with van der Waals surface area (Å²) < 4.78 is 18.6. The molecule has 0 spiro atoms. The van der Waals surface area contributed by atoms with E-state index in [0.717, 1.165) is 71.2 Å². The van der Waals surface area contributed by atoms with Crippen LogP contribution < -0.4 is 0 Å². The van der Waals surface area contributed by atoms with Crippen LogP contribution in [0.25, 0.3) is 0 Å². The smallest absolute Gasteiger partial charge is 0.417 e. The van der Waals surface area contributed by atoms with E-state index in [0.29, 0.717) is 12.2 Å². The topological polar surface area (TPSA) is 106 Å². The predicted octanol–water partition coefficient (Wildman–Crippen LogP) is 8.27. The van der Waals surface area contributed by atoms with Crippen molar-refractivity contribution in [1.29, 1.82) is 0 Å². The van der Waals surface area contributed by atoms with Crippen LogP contribution in [0.4, 0.5) is 4.79 Å². The summed E-state index contributed by atoms with van der Waals surface area (Å²) in [7, 11) is 0. The molecule has 4 rings (SSSR count). The van der Waals surface area contributed by atoms with Gasteiger partial charge in [-0.05, 0) is 59.3 Å². The number of aryl methyl sites for hydroxylation is 1. The van der Waals surface area contributed by atoms with Gasteiger partial charge in [0.2, 0.25) is 5.91 Å². The molecule has 2 aromatic carbocycles. The number of carbonyl (C=O) groups excluding carboxylic acids is 3. The molecule has 1 saturated heterocycles. The van der Waals surface area contributed by atoms with Crippen molar-refractivity contribution in [2.75, 3.05) is 6.61 Å². The molecule has 2 heterocycles. The number of ether oxygens (including phenoxy) is 2. The minimum absolute atomic E-state index is 0.218. The van der Waals surface area contributed by atoms with Gasteiger partial charge in [0.15, 0.2) is 6.10 Å². The molecule has 242 valence electrons. The lowest BCUT2D eigenvalue weighted by Gasteiger charge is -2.29. The molecule has 0 radical (unpaired) electrons. The van der Waals surface area contributed by atoms with Crippen molar-refractivity contribution in [2.24, 2.45) is 5.92 Å². The Morgan fingerprint density at radius 1 is 0.933 bits per heavy atom. The van der Waals surface area contributed by atoms with Gasteiger partial charge in [0.1, 0.15) is 17.6 Å². The van der Waals surface area contributed by atoms with E-state index < -0.39 is 42.1 Å². The highest BCUT2D eigenvalue weighted by atomic mass is 79.9. The molecule has 3 aromatic rings. The Labute approximate surface area is 274 Å². The number of cyclic esters (lactones) is 1. The number of halogens is 1. The second kappa shape index (κ2) is 17.3. The fraction of sp³-hybridized carbons (Fsp3) is 0.472. The Kier molecular flexibility index (Phi) is 13.3. The van der Waals surface area contributed by atoms with E-state index in [9.17, 15) is 14.4 Å². The van der Waals surface area contributed by atoms with Crippen molar-refractivity contribution in [3.05, 3.63) is 93.9 Å². The number of furan rings is 1. The first kappa shape index (κ1) is 34.4. The zero-order valence-corrected chi connectivity index (χ0v) is 27.7. The Hall–Kier alpha value is -3.43. The summed E-state index contributed by atoms with van der Waals surface area (Å²) in [5, 5.41) is 8.92. The number of aliphatic hydroxyl groups excluding tert-OH is 1. The lowest BCUT2D eigenvalue weighted by Crippen LogP contribution is -2.44. The summed E-state index contributed by atoms with van der Waals surface area (Å²) in [4.78, 5) is 41.2. The maximum absolute atomic E-state index is 14.4. The van der Waals surface area contributed by atoms with E-state index >= 15 is 0 Å². The number of esters is 1. The van der Waals surface area contributed by atoms with Gasteiger partial charge in [-0.1, -0.05) is 99.2 Å². The Balaban J connectivity index is 1.54. The first-order valence-corrected chi connectivity index (χ1v) is 16.8. The van der Waals surface area contributed by atoms with Gasteiger partial charge in [-0.25, -0.2) is 9.69 Å². The largest absolute Gasteiger partial charge is 0.461 e. The second-order valence-electron chi connectivity index (χ2n) is 11.7. The minimum Gasteiger partial charge on any atom is -0.461 e. The fourth-order valence-electron chi connectivity index (χ4n) is 5.93. The molecule has 4 atom stereocenters. The summed E-state index contributed by atoms with van der Waals surface area (Å²) in [5.74, 6) is -0.913. The van der Waals surface area contributed by atoms with Crippen LogP contribution >= 0.6 is 15.9 Å². The lowest BCUT2D eigenvalue weighted by molar-refractivity contribution is -0.155. The van der Waals surface area contributed by atoms with Crippen LogP contribution in [0.3, 0.4) is 0 Å². The number of aliphatic hydroxyl groups is 1. The van der Waals surface area contributed by atoms with Crippen LogP contribution in [0, 0.1) is 5.92 Å². The van der Waals surface area contributed by atoms with Crippen LogP contribution in [-0.2, 0) is 31.9 Å². The average Bonchev–Trinajstić information content (AvgIpc) is 3.55. The van der Waals surface area contributed by atoms with Crippen LogP contribution in [0.5, 0.6) is 0 Å². The van der Waals surface area contributed by atoms with Gasteiger partial charge in [-0.2, -0.15) is 0 Å². The maximum atomic E-state index is 14.4. The quantitative estimate of drug-likeness (QED) is 0.113. The third-order valence-electron chi connectivity index (χ3n) is 8.28. The van der Waals surface area contributed by atoms with Crippen molar-refractivity contribution in [3.63, 3.8) is 0 Å². The molecule has 9 heteroatoms. The summed E-state index contributed by atoms with van der Waals surface area (Å²) in [6.07, 6.45) is 7.06. The number of imide groups is 1. The van der Waals surface area contributed by atoms with Crippen LogP contribution in [0.1, 0.15) is 100 Å². The zero-order valence-electron chi connectivity index (χ0n) is 26.2. The molecule has 1 aliphatic rings. The number of benzene rings is 2. The van der Waals surface area contributed by atoms with E-state index in [1.165, 1.54) is 13.3 Å². The Morgan fingerprint density at radius 2 is 1.53 bits per heavy atom. The maximum Gasteiger partial charge on any atom is 0.417 e. The fourth-order valence-corrected chi connectivity index (χ4v) is 6.43. The number of rotatable bonds is 17. The highest BCUT2D eigenvalue weighted by molar-refractivity contribution is 9.10. The highest BCUT2D eigenvalue weighted by Gasteiger charge is 2.48. The molecule has 2 amide bonds. The first-order valence-electron chi connectivity index (χ1n) is 16.0. The van der Waals surface area contributed by atoms with Crippen molar-refractivity contribution in [3.8, 4) is 0 Å². The number of hydrogen-bond acceptors (Lipinski definition) is 7. The van der Waals surface area contributed by atoms with Gasteiger partial charge >= 0.3 is 12.1 Å². The summed E-state index contributed by atoms with van der Waals surface area (Å²) >= 11 is 3.62. The Bertz CT molecular complexity index is 1380. The number of amides is 2. The standard InChI is InChI=1S/C36H44BrNO7/c1-25-33(28-19-13-10-14-20-28)45-36(42)38(25)35(41)29(23-27-17-11-9-12-18-27)34(43-26(2)40)32-24-30(37)31(44-32)21-15-7-5-3-4-6-8-16-22-39/h9-14,17-20,24-25,29,33-34,39H,3-8,15-16,21-23H2,1-2H3. The molecule has 0 bridgehead atoms. The van der Waals surface area contributed by atoms with Crippen LogP contribution in [0.2, 0.25) is 0 Å². The van der Waals surface area contributed by atoms with E-state index in [4.69, 9.17) is 19.0 Å². The molecule has 8 nitrogen and oxygen atoms in total.